The Balaban J connectivity index is 1.96. The predicted molar refractivity (Wildman–Crippen MR) is 116 cm³/mol. The minimum atomic E-state index is -0.680. The Morgan fingerprint density at radius 2 is 1.77 bits per heavy atom. The van der Waals surface area contributed by atoms with Gasteiger partial charge in [-0.15, -0.1) is 0 Å². The molecule has 30 heavy (non-hydrogen) atoms. The molecule has 0 fully saturated rings. The Kier molecular flexibility index (Phi) is 5.35. The number of benzene rings is 2. The van der Waals surface area contributed by atoms with Crippen molar-refractivity contribution < 1.29 is 19.1 Å². The quantitative estimate of drug-likeness (QED) is 0.663. The summed E-state index contributed by atoms with van der Waals surface area (Å²) in [5.41, 5.74) is 4.14. The highest BCUT2D eigenvalue weighted by atomic mass is 35.5. The molecule has 1 aliphatic heterocycles. The van der Waals surface area contributed by atoms with Crippen LogP contribution < -0.4 is 10.1 Å². The molecule has 1 N–H and O–H groups in total. The van der Waals surface area contributed by atoms with Crippen LogP contribution in [0.3, 0.4) is 0 Å². The molecule has 5 nitrogen and oxygen atoms in total. The molecule has 7 heteroatoms. The molecule has 2 aromatic carbocycles. The summed E-state index contributed by atoms with van der Waals surface area (Å²) >= 11 is 12.8. The first-order valence-electron chi connectivity index (χ1n) is 9.45. The van der Waals surface area contributed by atoms with Crippen LogP contribution in [0.2, 0.25) is 10.0 Å². The van der Waals surface area contributed by atoms with Gasteiger partial charge in [-0.25, -0.2) is 4.79 Å². The number of fused-ring (bicyclic) bond motifs is 2. The van der Waals surface area contributed by atoms with Crippen LogP contribution in [0.1, 0.15) is 41.3 Å². The summed E-state index contributed by atoms with van der Waals surface area (Å²) in [6.45, 7) is 3.75. The lowest BCUT2D eigenvalue weighted by molar-refractivity contribution is -0.138. The largest absolute Gasteiger partial charge is 0.494 e. The van der Waals surface area contributed by atoms with Crippen LogP contribution in [0.15, 0.2) is 53.2 Å². The van der Waals surface area contributed by atoms with Gasteiger partial charge in [-0.3, -0.25) is 4.79 Å². The summed E-state index contributed by atoms with van der Waals surface area (Å²) in [7, 11) is 1.48. The number of Topliss-reactive ketones (excluding diaryl/α,β-unsaturated/α-hetero) is 1. The second kappa shape index (κ2) is 7.82. The first kappa shape index (κ1) is 20.5. The van der Waals surface area contributed by atoms with Crippen molar-refractivity contribution >= 4 is 40.7 Å². The molecule has 0 bridgehead atoms. The van der Waals surface area contributed by atoms with E-state index in [0.29, 0.717) is 49.5 Å². The molecule has 1 heterocycles. The lowest BCUT2D eigenvalue weighted by Crippen LogP contribution is -2.29. The molecular weight excluding hydrogens is 425 g/mol. The molecule has 154 valence electrons. The molecule has 0 unspecified atom stereocenters. The van der Waals surface area contributed by atoms with Crippen molar-refractivity contribution in [1.29, 1.82) is 0 Å². The lowest BCUT2D eigenvalue weighted by atomic mass is 9.80. The Morgan fingerprint density at radius 1 is 1.13 bits per heavy atom. The van der Waals surface area contributed by atoms with Crippen LogP contribution in [0.5, 0.6) is 5.75 Å². The molecule has 0 saturated heterocycles. The Labute approximate surface area is 184 Å². The SMILES string of the molecule is CCOC(=O)C1=C(C)NC2=C(C(=O)c3ccccc32)[C@H]1c1cc(Cl)c(OC)c(Cl)c1. The number of halogens is 2. The number of rotatable bonds is 4. The van der Waals surface area contributed by atoms with Gasteiger partial charge in [0.15, 0.2) is 11.5 Å². The van der Waals surface area contributed by atoms with Crippen molar-refractivity contribution in [3.8, 4) is 5.75 Å². The van der Waals surface area contributed by atoms with E-state index in [-0.39, 0.29) is 12.4 Å². The molecule has 0 saturated carbocycles. The van der Waals surface area contributed by atoms with Crippen molar-refractivity contribution in [3.63, 3.8) is 0 Å². The highest BCUT2D eigenvalue weighted by Crippen LogP contribution is 2.48. The number of esters is 1. The smallest absolute Gasteiger partial charge is 0.336 e. The van der Waals surface area contributed by atoms with Gasteiger partial charge >= 0.3 is 5.97 Å². The molecule has 2 aromatic rings. The minimum Gasteiger partial charge on any atom is -0.494 e. The summed E-state index contributed by atoms with van der Waals surface area (Å²) in [5, 5.41) is 3.84. The van der Waals surface area contributed by atoms with Crippen molar-refractivity contribution in [2.45, 2.75) is 19.8 Å². The topological polar surface area (TPSA) is 64.6 Å². The first-order valence-corrected chi connectivity index (χ1v) is 10.2. The number of allylic oxidation sites excluding steroid dienone is 2. The van der Waals surface area contributed by atoms with E-state index in [9.17, 15) is 9.59 Å². The average Bonchev–Trinajstić information content (AvgIpc) is 2.99. The van der Waals surface area contributed by atoms with Gasteiger partial charge in [0, 0.05) is 28.3 Å². The van der Waals surface area contributed by atoms with E-state index in [0.717, 1.165) is 5.56 Å². The molecular formula is C23H19Cl2NO4. The first-order chi connectivity index (χ1) is 14.4. The van der Waals surface area contributed by atoms with Crippen LogP contribution in [0.4, 0.5) is 0 Å². The molecule has 0 spiro atoms. The molecule has 2 aliphatic rings. The van der Waals surface area contributed by atoms with Crippen molar-refractivity contribution in [2.75, 3.05) is 13.7 Å². The summed E-state index contributed by atoms with van der Waals surface area (Å²) in [5.74, 6) is -0.980. The van der Waals surface area contributed by atoms with E-state index in [2.05, 4.69) is 5.32 Å². The highest BCUT2D eigenvalue weighted by Gasteiger charge is 2.43. The normalized spacial score (nSPS) is 17.5. The summed E-state index contributed by atoms with van der Waals surface area (Å²) < 4.78 is 10.6. The van der Waals surface area contributed by atoms with Crippen LogP contribution >= 0.6 is 23.2 Å². The Hall–Kier alpha value is -2.76. The number of dihydropyridines is 1. The highest BCUT2D eigenvalue weighted by molar-refractivity contribution is 6.37. The van der Waals surface area contributed by atoms with Gasteiger partial charge in [0.1, 0.15) is 0 Å². The van der Waals surface area contributed by atoms with Gasteiger partial charge in [-0.2, -0.15) is 0 Å². The van der Waals surface area contributed by atoms with E-state index in [1.807, 2.05) is 18.2 Å². The Bertz CT molecular complexity index is 1130. The van der Waals surface area contributed by atoms with Crippen molar-refractivity contribution in [3.05, 3.63) is 80.0 Å². The van der Waals surface area contributed by atoms with E-state index >= 15 is 0 Å². The number of carbonyl (C=O) groups is 2. The fourth-order valence-corrected chi connectivity index (χ4v) is 4.74. The molecule has 0 aromatic heterocycles. The predicted octanol–water partition coefficient (Wildman–Crippen LogP) is 5.13. The van der Waals surface area contributed by atoms with Crippen LogP contribution in [0, 0.1) is 0 Å². The fraction of sp³-hybridized carbons (Fsp3) is 0.217. The third-order valence-electron chi connectivity index (χ3n) is 5.30. The zero-order valence-corrected chi connectivity index (χ0v) is 18.1. The number of methoxy groups -OCH3 is 1. The van der Waals surface area contributed by atoms with Crippen LogP contribution in [-0.2, 0) is 9.53 Å². The minimum absolute atomic E-state index is 0.143. The number of ketones is 1. The third-order valence-corrected chi connectivity index (χ3v) is 5.86. The monoisotopic (exact) mass is 443 g/mol. The fourth-order valence-electron chi connectivity index (χ4n) is 4.08. The number of ether oxygens (including phenoxy) is 2. The summed E-state index contributed by atoms with van der Waals surface area (Å²) in [4.78, 5) is 26.3. The molecule has 0 amide bonds. The lowest BCUT2D eigenvalue weighted by Gasteiger charge is -2.29. The number of nitrogens with one attached hydrogen (secondary N) is 1. The third kappa shape index (κ3) is 3.09. The van der Waals surface area contributed by atoms with E-state index < -0.39 is 11.9 Å². The standard InChI is InChI=1S/C23H19Cl2NO4/c1-4-30-23(28)17-11(2)26-20-13-7-5-6-8-14(13)21(27)19(20)18(17)12-9-15(24)22(29-3)16(25)10-12/h5-10,18,26H,4H2,1-3H3/t18-/m0/s1. The number of carbonyl (C=O) groups excluding carboxylic acids is 2. The van der Waals surface area contributed by atoms with Gasteiger partial charge in [-0.1, -0.05) is 47.5 Å². The number of hydrogen-bond donors (Lipinski definition) is 1. The maximum absolute atomic E-state index is 13.4. The average molecular weight is 444 g/mol. The Morgan fingerprint density at radius 3 is 2.37 bits per heavy atom. The molecule has 4 rings (SSSR count). The van der Waals surface area contributed by atoms with Gasteiger partial charge in [-0.05, 0) is 31.5 Å². The summed E-state index contributed by atoms with van der Waals surface area (Å²) in [6, 6.07) is 10.7. The number of hydrogen-bond acceptors (Lipinski definition) is 5. The van der Waals surface area contributed by atoms with Crippen LogP contribution in [-0.4, -0.2) is 25.5 Å². The van der Waals surface area contributed by atoms with Gasteiger partial charge in [0.25, 0.3) is 0 Å². The zero-order valence-electron chi connectivity index (χ0n) is 16.6. The van der Waals surface area contributed by atoms with Crippen LogP contribution in [0.25, 0.3) is 5.70 Å². The molecule has 0 radical (unpaired) electrons. The maximum atomic E-state index is 13.4. The second-order valence-corrected chi connectivity index (χ2v) is 7.81. The molecule has 1 aliphatic carbocycles. The van der Waals surface area contributed by atoms with E-state index in [4.69, 9.17) is 32.7 Å². The second-order valence-electron chi connectivity index (χ2n) is 7.00. The zero-order chi connectivity index (χ0) is 21.6. The van der Waals surface area contributed by atoms with E-state index in [1.165, 1.54) is 7.11 Å². The van der Waals surface area contributed by atoms with E-state index in [1.54, 1.807) is 32.0 Å². The van der Waals surface area contributed by atoms with Crippen molar-refractivity contribution in [1.82, 2.24) is 5.32 Å². The van der Waals surface area contributed by atoms with Crippen molar-refractivity contribution in [2.24, 2.45) is 0 Å². The van der Waals surface area contributed by atoms with Gasteiger partial charge < -0.3 is 14.8 Å². The summed E-state index contributed by atoms with van der Waals surface area (Å²) in [6.07, 6.45) is 0. The van der Waals surface area contributed by atoms with Gasteiger partial charge in [0.05, 0.1) is 35.0 Å². The molecule has 1 atom stereocenters. The van der Waals surface area contributed by atoms with Gasteiger partial charge in [0.2, 0.25) is 0 Å². The maximum Gasteiger partial charge on any atom is 0.336 e.